The van der Waals surface area contributed by atoms with E-state index in [1.54, 1.807) is 25.1 Å². The molecular formula is C30H32N4O5S. The van der Waals surface area contributed by atoms with Crippen LogP contribution < -0.4 is 15.2 Å². The highest BCUT2D eigenvalue weighted by Crippen LogP contribution is 2.43. The van der Waals surface area contributed by atoms with E-state index in [0.29, 0.717) is 27.7 Å². The van der Waals surface area contributed by atoms with Gasteiger partial charge in [0, 0.05) is 5.69 Å². The van der Waals surface area contributed by atoms with E-state index in [-0.39, 0.29) is 35.1 Å². The summed E-state index contributed by atoms with van der Waals surface area (Å²) < 4.78 is 22.2. The average Bonchev–Trinajstić information content (AvgIpc) is 2.98. The fourth-order valence-corrected chi connectivity index (χ4v) is 6.21. The number of fused-ring (bicyclic) bond motifs is 1. The fourth-order valence-electron chi connectivity index (χ4n) is 5.24. The van der Waals surface area contributed by atoms with Crippen LogP contribution in [0.1, 0.15) is 60.6 Å². The summed E-state index contributed by atoms with van der Waals surface area (Å²) in [6.07, 6.45) is 4.66. The second-order valence-corrected chi connectivity index (χ2v) is 10.2. The molecule has 0 saturated carbocycles. The number of nitrogens with two attached hydrogens (primary N) is 1. The van der Waals surface area contributed by atoms with Gasteiger partial charge in [-0.3, -0.25) is 0 Å². The fraction of sp³-hybridized carbons (Fsp3) is 0.400. The van der Waals surface area contributed by atoms with E-state index in [2.05, 4.69) is 19.1 Å². The smallest absolute Gasteiger partial charge is 0.338 e. The van der Waals surface area contributed by atoms with E-state index in [1.165, 1.54) is 31.5 Å². The number of nitriles is 2. The molecule has 40 heavy (non-hydrogen) atoms. The number of aryl methyl sites for hydroxylation is 1. The molecule has 0 spiro atoms. The first-order chi connectivity index (χ1) is 19.4. The van der Waals surface area contributed by atoms with Gasteiger partial charge < -0.3 is 24.7 Å². The van der Waals surface area contributed by atoms with Crippen LogP contribution in [0.5, 0.6) is 11.5 Å². The lowest BCUT2D eigenvalue weighted by molar-refractivity contribution is -0.139. The Kier molecular flexibility index (Phi) is 9.23. The molecule has 1 atom stereocenters. The Morgan fingerprint density at radius 3 is 2.48 bits per heavy atom. The Morgan fingerprint density at radius 1 is 1.12 bits per heavy atom. The van der Waals surface area contributed by atoms with Gasteiger partial charge in [0.1, 0.15) is 28.5 Å². The molecule has 0 bridgehead atoms. The molecule has 0 saturated heterocycles. The Bertz CT molecular complexity index is 1470. The van der Waals surface area contributed by atoms with Crippen LogP contribution in [0.25, 0.3) is 0 Å². The van der Waals surface area contributed by atoms with Crippen LogP contribution in [0.4, 0.5) is 0 Å². The summed E-state index contributed by atoms with van der Waals surface area (Å²) in [5, 5.41) is 20.7. The molecule has 2 N–H and O–H groups in total. The second-order valence-electron chi connectivity index (χ2n) is 9.25. The number of nitrogens with zero attached hydrogens (tertiary/aromatic N) is 3. The number of thioether (sulfide) groups is 1. The molecule has 0 amide bonds. The van der Waals surface area contributed by atoms with Gasteiger partial charge in [0.15, 0.2) is 11.5 Å². The summed E-state index contributed by atoms with van der Waals surface area (Å²) in [4.78, 5) is 18.3. The van der Waals surface area contributed by atoms with Gasteiger partial charge in [-0.2, -0.15) is 10.5 Å². The number of pyridine rings is 1. The van der Waals surface area contributed by atoms with E-state index in [4.69, 9.17) is 29.7 Å². The third-order valence-corrected chi connectivity index (χ3v) is 8.06. The SMILES string of the molecule is CCOC(=O)C1=C(CSc2nc(CC)c3c(c2C#N)CCCC3)OC(N)=C(C#N)[C@@H]1c1ccc(OC)c(OC)c1. The van der Waals surface area contributed by atoms with Crippen molar-refractivity contribution < 1.29 is 23.7 Å². The van der Waals surface area contributed by atoms with E-state index >= 15 is 0 Å². The number of benzene rings is 1. The number of carbonyl (C=O) groups is 1. The topological polar surface area (TPSA) is 140 Å². The van der Waals surface area contributed by atoms with Crippen molar-refractivity contribution in [3.8, 4) is 23.6 Å². The lowest BCUT2D eigenvalue weighted by Gasteiger charge is -2.28. The lowest BCUT2D eigenvalue weighted by Crippen LogP contribution is -2.27. The lowest BCUT2D eigenvalue weighted by atomic mass is 9.83. The average molecular weight is 561 g/mol. The quantitative estimate of drug-likeness (QED) is 0.335. The van der Waals surface area contributed by atoms with E-state index < -0.39 is 11.9 Å². The molecule has 10 heteroatoms. The van der Waals surface area contributed by atoms with Crippen molar-refractivity contribution in [2.45, 2.75) is 56.9 Å². The minimum Gasteiger partial charge on any atom is -0.493 e. The molecule has 0 unspecified atom stereocenters. The van der Waals surface area contributed by atoms with Crippen LogP contribution in [-0.4, -0.2) is 37.5 Å². The zero-order valence-electron chi connectivity index (χ0n) is 23.1. The van der Waals surface area contributed by atoms with Crippen molar-refractivity contribution in [2.24, 2.45) is 5.73 Å². The molecule has 4 rings (SSSR count). The summed E-state index contributed by atoms with van der Waals surface area (Å²) in [7, 11) is 3.03. The molecule has 0 fully saturated rings. The van der Waals surface area contributed by atoms with E-state index in [1.807, 2.05) is 0 Å². The highest BCUT2D eigenvalue weighted by atomic mass is 32.2. The zero-order valence-corrected chi connectivity index (χ0v) is 23.9. The Morgan fingerprint density at radius 2 is 1.85 bits per heavy atom. The molecule has 208 valence electrons. The molecule has 1 aromatic heterocycles. The maximum atomic E-state index is 13.4. The second kappa shape index (κ2) is 12.8. The molecule has 9 nitrogen and oxygen atoms in total. The van der Waals surface area contributed by atoms with Gasteiger partial charge in [-0.25, -0.2) is 9.78 Å². The first kappa shape index (κ1) is 28.8. The van der Waals surface area contributed by atoms with Crippen LogP contribution in [0.15, 0.2) is 46.0 Å². The standard InChI is InChI=1S/C30H32N4O5S/c1-5-22-19-10-8-7-9-18(19)20(14-31)29(34-22)40-16-25-27(30(35)38-6-2)26(21(15-32)28(33)39-25)17-11-12-23(36-3)24(13-17)37-4/h11-13,26H,5-10,16,33H2,1-4H3/t26-/m0/s1. The maximum Gasteiger partial charge on any atom is 0.338 e. The predicted octanol–water partition coefficient (Wildman–Crippen LogP) is 4.83. The molecule has 1 aliphatic carbocycles. The number of rotatable bonds is 9. The van der Waals surface area contributed by atoms with Crippen LogP contribution in [0, 0.1) is 22.7 Å². The highest BCUT2D eigenvalue weighted by Gasteiger charge is 2.38. The number of aromatic nitrogens is 1. The normalized spacial score (nSPS) is 16.4. The number of esters is 1. The summed E-state index contributed by atoms with van der Waals surface area (Å²) in [6, 6.07) is 9.63. The number of carbonyl (C=O) groups excluding carboxylic acids is 1. The summed E-state index contributed by atoms with van der Waals surface area (Å²) >= 11 is 1.31. The first-order valence-corrected chi connectivity index (χ1v) is 14.2. The van der Waals surface area contributed by atoms with Gasteiger partial charge in [0.05, 0.1) is 43.6 Å². The van der Waals surface area contributed by atoms with Crippen molar-refractivity contribution >= 4 is 17.7 Å². The minimum atomic E-state index is -0.855. The van der Waals surface area contributed by atoms with Crippen molar-refractivity contribution in [3.05, 3.63) is 68.9 Å². The number of hydrogen-bond acceptors (Lipinski definition) is 10. The van der Waals surface area contributed by atoms with Gasteiger partial charge in [-0.1, -0.05) is 24.8 Å². The van der Waals surface area contributed by atoms with Crippen molar-refractivity contribution in [1.82, 2.24) is 4.98 Å². The molecule has 1 aliphatic heterocycles. The van der Waals surface area contributed by atoms with Crippen molar-refractivity contribution in [1.29, 1.82) is 10.5 Å². The number of allylic oxidation sites excluding steroid dienone is 1. The Balaban J connectivity index is 1.82. The maximum absolute atomic E-state index is 13.4. The number of hydrogen-bond donors (Lipinski definition) is 1. The third-order valence-electron chi connectivity index (χ3n) is 7.09. The third kappa shape index (κ3) is 5.45. The summed E-state index contributed by atoms with van der Waals surface area (Å²) in [5.41, 5.74) is 10.9. The molecule has 0 radical (unpaired) electrons. The van der Waals surface area contributed by atoms with Crippen molar-refractivity contribution in [2.75, 3.05) is 26.6 Å². The highest BCUT2D eigenvalue weighted by molar-refractivity contribution is 7.99. The minimum absolute atomic E-state index is 0.0851. The van der Waals surface area contributed by atoms with Gasteiger partial charge in [-0.15, -0.1) is 0 Å². The Labute approximate surface area is 238 Å². The number of methoxy groups -OCH3 is 2. The molecular weight excluding hydrogens is 528 g/mol. The number of ether oxygens (including phenoxy) is 4. The van der Waals surface area contributed by atoms with E-state index in [9.17, 15) is 15.3 Å². The zero-order chi connectivity index (χ0) is 28.8. The van der Waals surface area contributed by atoms with Gasteiger partial charge in [-0.05, 0) is 67.9 Å². The largest absolute Gasteiger partial charge is 0.493 e. The van der Waals surface area contributed by atoms with Crippen LogP contribution in [0.3, 0.4) is 0 Å². The van der Waals surface area contributed by atoms with Crippen LogP contribution in [-0.2, 0) is 33.5 Å². The van der Waals surface area contributed by atoms with Crippen LogP contribution in [0.2, 0.25) is 0 Å². The predicted molar refractivity (Wildman–Crippen MR) is 150 cm³/mol. The summed E-state index contributed by atoms with van der Waals surface area (Å²) in [5.74, 6) is -0.232. The molecule has 2 aliphatic rings. The van der Waals surface area contributed by atoms with Crippen LogP contribution >= 0.6 is 11.8 Å². The van der Waals surface area contributed by atoms with E-state index in [0.717, 1.165) is 43.4 Å². The Hall–Kier alpha value is -4.15. The van der Waals surface area contributed by atoms with Gasteiger partial charge in [0.2, 0.25) is 5.88 Å². The monoisotopic (exact) mass is 560 g/mol. The molecule has 1 aromatic carbocycles. The van der Waals surface area contributed by atoms with Gasteiger partial charge >= 0.3 is 5.97 Å². The first-order valence-electron chi connectivity index (χ1n) is 13.2. The van der Waals surface area contributed by atoms with Gasteiger partial charge in [0.25, 0.3) is 0 Å². The van der Waals surface area contributed by atoms with Crippen molar-refractivity contribution in [3.63, 3.8) is 0 Å². The molecule has 2 heterocycles. The molecule has 2 aromatic rings. The summed E-state index contributed by atoms with van der Waals surface area (Å²) in [6.45, 7) is 3.90.